The van der Waals surface area contributed by atoms with Gasteiger partial charge in [0.15, 0.2) is 0 Å². The van der Waals surface area contributed by atoms with Crippen LogP contribution in [0, 0.1) is 11.8 Å². The molecule has 6 nitrogen and oxygen atoms in total. The zero-order valence-corrected chi connectivity index (χ0v) is 13.6. The highest BCUT2D eigenvalue weighted by Gasteiger charge is 2.38. The van der Waals surface area contributed by atoms with E-state index in [9.17, 15) is 9.59 Å². The number of carbonyl (C=O) groups is 2. The third-order valence-corrected chi connectivity index (χ3v) is 4.81. The number of aliphatic carboxylic acids is 1. The topological polar surface area (TPSA) is 79.7 Å². The van der Waals surface area contributed by atoms with Crippen molar-refractivity contribution in [2.24, 2.45) is 11.8 Å². The van der Waals surface area contributed by atoms with Crippen LogP contribution in [0.15, 0.2) is 12.3 Å². The van der Waals surface area contributed by atoms with Gasteiger partial charge in [-0.3, -0.25) is 9.59 Å². The summed E-state index contributed by atoms with van der Waals surface area (Å²) in [6.07, 6.45) is 4.25. The molecule has 1 saturated carbocycles. The summed E-state index contributed by atoms with van der Waals surface area (Å²) in [7, 11) is 0. The van der Waals surface area contributed by atoms with Gasteiger partial charge in [-0.25, -0.2) is 4.98 Å². The Bertz CT molecular complexity index is 633. The molecular weight excluding hydrogens is 320 g/mol. The number of hydrogen-bond donors (Lipinski definition) is 1. The molecule has 23 heavy (non-hydrogen) atoms. The molecule has 2 heterocycles. The molecule has 1 saturated heterocycles. The summed E-state index contributed by atoms with van der Waals surface area (Å²) in [4.78, 5) is 29.4. The van der Waals surface area contributed by atoms with Crippen LogP contribution in [0.1, 0.15) is 36.5 Å². The molecule has 124 valence electrons. The van der Waals surface area contributed by atoms with Crippen LogP contribution >= 0.6 is 11.6 Å². The summed E-state index contributed by atoms with van der Waals surface area (Å²) in [5.74, 6) is -0.707. The Kier molecular flexibility index (Phi) is 4.43. The average Bonchev–Trinajstić information content (AvgIpc) is 3.26. The van der Waals surface area contributed by atoms with Crippen molar-refractivity contribution in [3.63, 3.8) is 0 Å². The number of aromatic nitrogens is 1. The van der Waals surface area contributed by atoms with Crippen LogP contribution < -0.4 is 4.74 Å². The Morgan fingerprint density at radius 1 is 1.43 bits per heavy atom. The van der Waals surface area contributed by atoms with E-state index < -0.39 is 11.9 Å². The van der Waals surface area contributed by atoms with Gasteiger partial charge >= 0.3 is 5.97 Å². The van der Waals surface area contributed by atoms with E-state index in [1.165, 1.54) is 19.0 Å². The molecule has 0 radical (unpaired) electrons. The highest BCUT2D eigenvalue weighted by Crippen LogP contribution is 2.32. The van der Waals surface area contributed by atoms with Crippen LogP contribution in [0.25, 0.3) is 0 Å². The van der Waals surface area contributed by atoms with E-state index in [4.69, 9.17) is 21.4 Å². The quantitative estimate of drug-likeness (QED) is 0.892. The Balaban J connectivity index is 1.69. The normalized spacial score (nSPS) is 23.8. The van der Waals surface area contributed by atoms with Gasteiger partial charge in [-0.15, -0.1) is 0 Å². The van der Waals surface area contributed by atoms with Crippen molar-refractivity contribution in [3.05, 3.63) is 22.8 Å². The lowest BCUT2D eigenvalue weighted by Gasteiger charge is -2.23. The van der Waals surface area contributed by atoms with Gasteiger partial charge in [-0.05, 0) is 38.2 Å². The monoisotopic (exact) mass is 338 g/mol. The Morgan fingerprint density at radius 3 is 2.74 bits per heavy atom. The van der Waals surface area contributed by atoms with Crippen LogP contribution in [0.2, 0.25) is 5.02 Å². The van der Waals surface area contributed by atoms with E-state index in [2.05, 4.69) is 4.98 Å². The molecule has 2 unspecified atom stereocenters. The summed E-state index contributed by atoms with van der Waals surface area (Å²) in [5, 5.41) is 9.46. The molecule has 2 atom stereocenters. The minimum Gasteiger partial charge on any atom is -0.481 e. The molecule has 1 N–H and O–H groups in total. The predicted octanol–water partition coefficient (Wildman–Crippen LogP) is 2.46. The number of carbonyl (C=O) groups excluding carboxylic acids is 1. The number of halogens is 1. The number of pyridine rings is 1. The molecule has 1 aromatic rings. The molecule has 2 aliphatic rings. The summed E-state index contributed by atoms with van der Waals surface area (Å²) in [6.45, 7) is 2.78. The van der Waals surface area contributed by atoms with Crippen LogP contribution in [-0.2, 0) is 4.79 Å². The van der Waals surface area contributed by atoms with Gasteiger partial charge in [0.25, 0.3) is 5.91 Å². The van der Waals surface area contributed by atoms with Gasteiger partial charge in [0.1, 0.15) is 5.02 Å². The minimum atomic E-state index is -0.868. The zero-order valence-electron chi connectivity index (χ0n) is 12.9. The van der Waals surface area contributed by atoms with Crippen molar-refractivity contribution >= 4 is 23.5 Å². The lowest BCUT2D eigenvalue weighted by atomic mass is 10.0. The van der Waals surface area contributed by atoms with Crippen LogP contribution in [-0.4, -0.2) is 46.1 Å². The van der Waals surface area contributed by atoms with E-state index in [1.807, 2.05) is 0 Å². The first-order valence-corrected chi connectivity index (χ1v) is 8.17. The van der Waals surface area contributed by atoms with Crippen molar-refractivity contribution in [1.82, 2.24) is 9.88 Å². The number of carboxylic acids is 1. The number of ether oxygens (including phenoxy) is 1. The number of likely N-dealkylation sites (tertiary alicyclic amines) is 1. The standard InChI is InChI=1S/C16H19ClN2O4/c1-9-12(16(21)22)4-5-19(9)15(20)11-6-13(17)14(18-7-11)23-8-10-2-3-10/h6-7,9-10,12H,2-5,8H2,1H3,(H,21,22). The molecule has 3 rings (SSSR count). The maximum Gasteiger partial charge on any atom is 0.308 e. The summed E-state index contributed by atoms with van der Waals surface area (Å²) < 4.78 is 5.54. The number of amides is 1. The van der Waals surface area contributed by atoms with E-state index in [0.717, 1.165) is 0 Å². The molecular formula is C16H19ClN2O4. The molecule has 0 spiro atoms. The molecule has 1 aromatic heterocycles. The molecule has 7 heteroatoms. The highest BCUT2D eigenvalue weighted by atomic mass is 35.5. The van der Waals surface area contributed by atoms with Gasteiger partial charge in [0.2, 0.25) is 5.88 Å². The van der Waals surface area contributed by atoms with Gasteiger partial charge < -0.3 is 14.7 Å². The number of carboxylic acid groups (broad SMARTS) is 1. The largest absolute Gasteiger partial charge is 0.481 e. The van der Waals surface area contributed by atoms with Gasteiger partial charge in [0.05, 0.1) is 18.1 Å². The smallest absolute Gasteiger partial charge is 0.308 e. The first-order chi connectivity index (χ1) is 11.0. The van der Waals surface area contributed by atoms with Crippen molar-refractivity contribution in [3.8, 4) is 5.88 Å². The van der Waals surface area contributed by atoms with Crippen LogP contribution in [0.5, 0.6) is 5.88 Å². The fourth-order valence-corrected chi connectivity index (χ4v) is 3.07. The van der Waals surface area contributed by atoms with E-state index in [1.54, 1.807) is 17.9 Å². The number of nitrogens with zero attached hydrogens (tertiary/aromatic N) is 2. The summed E-state index contributed by atoms with van der Waals surface area (Å²) in [5.41, 5.74) is 0.353. The van der Waals surface area contributed by atoms with E-state index >= 15 is 0 Å². The molecule has 1 aliphatic carbocycles. The van der Waals surface area contributed by atoms with Gasteiger partial charge in [-0.1, -0.05) is 11.6 Å². The Morgan fingerprint density at radius 2 is 2.17 bits per heavy atom. The second-order valence-electron chi connectivity index (χ2n) is 6.24. The number of hydrogen-bond acceptors (Lipinski definition) is 4. The lowest BCUT2D eigenvalue weighted by molar-refractivity contribution is -0.142. The molecule has 0 aromatic carbocycles. The lowest BCUT2D eigenvalue weighted by Crippen LogP contribution is -2.37. The first-order valence-electron chi connectivity index (χ1n) is 7.79. The third-order valence-electron chi connectivity index (χ3n) is 4.54. The number of rotatable bonds is 5. The minimum absolute atomic E-state index is 0.246. The predicted molar refractivity (Wildman–Crippen MR) is 83.7 cm³/mol. The van der Waals surface area contributed by atoms with Crippen molar-refractivity contribution in [2.45, 2.75) is 32.2 Å². The van der Waals surface area contributed by atoms with Crippen molar-refractivity contribution < 1.29 is 19.4 Å². The highest BCUT2D eigenvalue weighted by molar-refractivity contribution is 6.32. The first kappa shape index (κ1) is 16.1. The average molecular weight is 339 g/mol. The molecule has 1 aliphatic heterocycles. The molecule has 2 fully saturated rings. The molecule has 0 bridgehead atoms. The Hall–Kier alpha value is -1.82. The van der Waals surface area contributed by atoms with Crippen LogP contribution in [0.3, 0.4) is 0 Å². The third kappa shape index (κ3) is 3.42. The molecule has 1 amide bonds. The fourth-order valence-electron chi connectivity index (χ4n) is 2.85. The van der Waals surface area contributed by atoms with Gasteiger partial charge in [0, 0.05) is 18.8 Å². The maximum atomic E-state index is 12.6. The maximum absolute atomic E-state index is 12.6. The van der Waals surface area contributed by atoms with Crippen molar-refractivity contribution in [2.75, 3.05) is 13.2 Å². The zero-order chi connectivity index (χ0) is 16.6. The van der Waals surface area contributed by atoms with E-state index in [0.29, 0.717) is 42.0 Å². The fraction of sp³-hybridized carbons (Fsp3) is 0.562. The summed E-state index contributed by atoms with van der Waals surface area (Å²) >= 11 is 6.15. The second kappa shape index (κ2) is 6.35. The van der Waals surface area contributed by atoms with Crippen molar-refractivity contribution in [1.29, 1.82) is 0 Å². The summed E-state index contributed by atoms with van der Waals surface area (Å²) in [6, 6.07) is 1.20. The second-order valence-corrected chi connectivity index (χ2v) is 6.65. The SMILES string of the molecule is CC1C(C(=O)O)CCN1C(=O)c1cnc(OCC2CC2)c(Cl)c1. The van der Waals surface area contributed by atoms with E-state index in [-0.39, 0.29) is 11.9 Å². The van der Waals surface area contributed by atoms with Crippen LogP contribution in [0.4, 0.5) is 0 Å². The van der Waals surface area contributed by atoms with Gasteiger partial charge in [-0.2, -0.15) is 0 Å². The Labute approximate surface area is 139 Å².